The van der Waals surface area contributed by atoms with E-state index in [2.05, 4.69) is 36.5 Å². The van der Waals surface area contributed by atoms with Crippen LogP contribution in [-0.2, 0) is 12.0 Å². The normalized spacial score (nSPS) is 21.9. The Morgan fingerprint density at radius 3 is 3.00 bits per heavy atom. The van der Waals surface area contributed by atoms with Gasteiger partial charge in [-0.1, -0.05) is 18.2 Å². The number of hydrogen-bond donors (Lipinski definition) is 2. The molecule has 0 aromatic heterocycles. The number of rotatable bonds is 6. The third-order valence-electron chi connectivity index (χ3n) is 4.24. The molecule has 20 heavy (non-hydrogen) atoms. The first-order valence-corrected chi connectivity index (χ1v) is 7.49. The predicted molar refractivity (Wildman–Crippen MR) is 84.1 cm³/mol. The first-order chi connectivity index (χ1) is 9.75. The molecule has 1 aliphatic carbocycles. The summed E-state index contributed by atoms with van der Waals surface area (Å²) in [7, 11) is 1.72. The summed E-state index contributed by atoms with van der Waals surface area (Å²) >= 11 is 0. The second-order valence-corrected chi connectivity index (χ2v) is 5.45. The number of nitrogens with two attached hydrogens (primary N) is 1. The fourth-order valence-corrected chi connectivity index (χ4v) is 3.09. The van der Waals surface area contributed by atoms with Gasteiger partial charge in [0.1, 0.15) is 5.75 Å². The number of benzene rings is 1. The van der Waals surface area contributed by atoms with Gasteiger partial charge in [0.15, 0.2) is 0 Å². The van der Waals surface area contributed by atoms with Crippen molar-refractivity contribution in [3.05, 3.63) is 41.5 Å². The van der Waals surface area contributed by atoms with Gasteiger partial charge < -0.3 is 15.8 Å². The maximum Gasteiger partial charge on any atom is 0.119 e. The standard InChI is InChI=1S/C17H26N2O/c1-3-4-5-11-19-17(13-18)10-6-7-14-8-9-15(20-2)12-16(14)17/h3-4,8-9,12,19H,5-7,10-11,13,18H2,1-2H3/b4-3+. The fourth-order valence-electron chi connectivity index (χ4n) is 3.09. The minimum atomic E-state index is -0.0935. The zero-order valence-electron chi connectivity index (χ0n) is 12.6. The van der Waals surface area contributed by atoms with Gasteiger partial charge in [-0.2, -0.15) is 0 Å². The molecule has 2 rings (SSSR count). The molecule has 0 amide bonds. The van der Waals surface area contributed by atoms with Crippen LogP contribution in [-0.4, -0.2) is 20.2 Å². The largest absolute Gasteiger partial charge is 0.497 e. The fraction of sp³-hybridized carbons (Fsp3) is 0.529. The highest BCUT2D eigenvalue weighted by Crippen LogP contribution is 2.36. The molecule has 0 saturated carbocycles. The minimum absolute atomic E-state index is 0.0935. The molecular formula is C17H26N2O. The summed E-state index contributed by atoms with van der Waals surface area (Å²) < 4.78 is 5.38. The second kappa shape index (κ2) is 6.91. The van der Waals surface area contributed by atoms with Crippen LogP contribution in [0.1, 0.15) is 37.3 Å². The van der Waals surface area contributed by atoms with Crippen molar-refractivity contribution in [2.24, 2.45) is 5.73 Å². The van der Waals surface area contributed by atoms with Crippen LogP contribution in [0.2, 0.25) is 0 Å². The predicted octanol–water partition coefficient (Wildman–Crippen LogP) is 2.74. The molecule has 3 nitrogen and oxygen atoms in total. The average molecular weight is 274 g/mol. The lowest BCUT2D eigenvalue weighted by atomic mass is 9.76. The summed E-state index contributed by atoms with van der Waals surface area (Å²) in [6, 6.07) is 6.39. The summed E-state index contributed by atoms with van der Waals surface area (Å²) in [5, 5.41) is 3.70. The molecule has 1 aromatic carbocycles. The molecule has 1 aromatic rings. The van der Waals surface area contributed by atoms with E-state index in [1.54, 1.807) is 7.11 Å². The van der Waals surface area contributed by atoms with Crippen molar-refractivity contribution in [3.8, 4) is 5.75 Å². The third kappa shape index (κ3) is 3.05. The monoisotopic (exact) mass is 274 g/mol. The van der Waals surface area contributed by atoms with Crippen LogP contribution in [0.3, 0.4) is 0 Å². The Hall–Kier alpha value is -1.32. The van der Waals surface area contributed by atoms with Gasteiger partial charge in [0, 0.05) is 6.54 Å². The quantitative estimate of drug-likeness (QED) is 0.619. The van der Waals surface area contributed by atoms with Gasteiger partial charge in [-0.25, -0.2) is 0 Å². The number of hydrogen-bond acceptors (Lipinski definition) is 3. The Morgan fingerprint density at radius 2 is 2.30 bits per heavy atom. The van der Waals surface area contributed by atoms with Gasteiger partial charge in [-0.15, -0.1) is 0 Å². The van der Waals surface area contributed by atoms with Gasteiger partial charge >= 0.3 is 0 Å². The van der Waals surface area contributed by atoms with Crippen LogP contribution in [0, 0.1) is 0 Å². The lowest BCUT2D eigenvalue weighted by Gasteiger charge is -2.39. The highest BCUT2D eigenvalue weighted by atomic mass is 16.5. The molecule has 0 spiro atoms. The van der Waals surface area contributed by atoms with Gasteiger partial charge in [-0.05, 0) is 62.4 Å². The number of aryl methyl sites for hydroxylation is 1. The van der Waals surface area contributed by atoms with Gasteiger partial charge in [-0.3, -0.25) is 0 Å². The zero-order chi connectivity index (χ0) is 14.4. The second-order valence-electron chi connectivity index (χ2n) is 5.45. The van der Waals surface area contributed by atoms with Gasteiger partial charge in [0.05, 0.1) is 12.6 Å². The van der Waals surface area contributed by atoms with Crippen molar-refractivity contribution in [1.29, 1.82) is 0 Å². The van der Waals surface area contributed by atoms with E-state index in [9.17, 15) is 0 Å². The van der Waals surface area contributed by atoms with E-state index < -0.39 is 0 Å². The molecule has 3 heteroatoms. The van der Waals surface area contributed by atoms with Crippen LogP contribution in [0.5, 0.6) is 5.75 Å². The first-order valence-electron chi connectivity index (χ1n) is 7.49. The summed E-state index contributed by atoms with van der Waals surface area (Å²) in [4.78, 5) is 0. The summed E-state index contributed by atoms with van der Waals surface area (Å²) in [6.45, 7) is 3.64. The Morgan fingerprint density at radius 1 is 1.45 bits per heavy atom. The molecule has 3 N–H and O–H groups in total. The maximum atomic E-state index is 6.14. The molecule has 1 unspecified atom stereocenters. The molecule has 0 fully saturated rings. The molecule has 0 heterocycles. The number of allylic oxidation sites excluding steroid dienone is 1. The molecule has 0 bridgehead atoms. The van der Waals surface area contributed by atoms with Crippen molar-refractivity contribution >= 4 is 0 Å². The van der Waals surface area contributed by atoms with Gasteiger partial charge in [0.2, 0.25) is 0 Å². The van der Waals surface area contributed by atoms with E-state index in [-0.39, 0.29) is 5.54 Å². The molecule has 1 aliphatic rings. The van der Waals surface area contributed by atoms with Crippen LogP contribution in [0.4, 0.5) is 0 Å². The van der Waals surface area contributed by atoms with Crippen LogP contribution in [0.15, 0.2) is 30.4 Å². The molecule has 1 atom stereocenters. The van der Waals surface area contributed by atoms with E-state index in [0.29, 0.717) is 6.54 Å². The lowest BCUT2D eigenvalue weighted by molar-refractivity contribution is 0.293. The van der Waals surface area contributed by atoms with Crippen LogP contribution < -0.4 is 15.8 Å². The maximum absolute atomic E-state index is 6.14. The Balaban J connectivity index is 2.25. The molecule has 0 saturated heterocycles. The van der Waals surface area contributed by atoms with E-state index in [0.717, 1.165) is 31.6 Å². The molecule has 110 valence electrons. The lowest BCUT2D eigenvalue weighted by Crippen LogP contribution is -2.50. The van der Waals surface area contributed by atoms with Gasteiger partial charge in [0.25, 0.3) is 0 Å². The van der Waals surface area contributed by atoms with Crippen molar-refractivity contribution in [2.75, 3.05) is 20.2 Å². The highest BCUT2D eigenvalue weighted by Gasteiger charge is 2.34. The molecule has 0 radical (unpaired) electrons. The summed E-state index contributed by atoms with van der Waals surface area (Å²) in [5.74, 6) is 0.915. The molecular weight excluding hydrogens is 248 g/mol. The number of nitrogens with one attached hydrogen (secondary N) is 1. The Labute approximate surface area is 122 Å². The van der Waals surface area contributed by atoms with E-state index in [1.807, 2.05) is 6.07 Å². The van der Waals surface area contributed by atoms with E-state index >= 15 is 0 Å². The molecule has 0 aliphatic heterocycles. The Kier molecular flexibility index (Phi) is 5.21. The third-order valence-corrected chi connectivity index (χ3v) is 4.24. The van der Waals surface area contributed by atoms with Crippen molar-refractivity contribution in [3.63, 3.8) is 0 Å². The Bertz CT molecular complexity index is 470. The van der Waals surface area contributed by atoms with Crippen molar-refractivity contribution in [1.82, 2.24) is 5.32 Å². The number of methoxy groups -OCH3 is 1. The first kappa shape index (κ1) is 15.1. The minimum Gasteiger partial charge on any atom is -0.497 e. The summed E-state index contributed by atoms with van der Waals surface area (Å²) in [6.07, 6.45) is 8.74. The number of fused-ring (bicyclic) bond motifs is 1. The van der Waals surface area contributed by atoms with Crippen molar-refractivity contribution in [2.45, 2.75) is 38.1 Å². The van der Waals surface area contributed by atoms with Crippen molar-refractivity contribution < 1.29 is 4.74 Å². The summed E-state index contributed by atoms with van der Waals surface area (Å²) in [5.41, 5.74) is 8.77. The highest BCUT2D eigenvalue weighted by molar-refractivity contribution is 5.42. The van der Waals surface area contributed by atoms with E-state index in [4.69, 9.17) is 10.5 Å². The van der Waals surface area contributed by atoms with Crippen LogP contribution in [0.25, 0.3) is 0 Å². The van der Waals surface area contributed by atoms with E-state index in [1.165, 1.54) is 17.5 Å². The topological polar surface area (TPSA) is 47.3 Å². The average Bonchev–Trinajstić information content (AvgIpc) is 2.51. The number of ether oxygens (including phenoxy) is 1. The van der Waals surface area contributed by atoms with Crippen LogP contribution >= 0.6 is 0 Å². The smallest absolute Gasteiger partial charge is 0.119 e. The zero-order valence-corrected chi connectivity index (χ0v) is 12.6. The SMILES string of the molecule is C/C=C/CCNC1(CN)CCCc2ccc(OC)cc21.